The molecular weight excluding hydrogens is 263 g/mol. The van der Waals surface area contributed by atoms with Crippen LogP contribution < -0.4 is 10.0 Å². The molecule has 0 atom stereocenters. The molecule has 0 unspecified atom stereocenters. The molecule has 19 heavy (non-hydrogen) atoms. The van der Waals surface area contributed by atoms with Crippen molar-refractivity contribution < 1.29 is 19.1 Å². The van der Waals surface area contributed by atoms with E-state index >= 15 is 0 Å². The molecular formula is C14H15O4P. The van der Waals surface area contributed by atoms with Crippen molar-refractivity contribution in [3.05, 3.63) is 59.7 Å². The maximum Gasteiger partial charge on any atom is 0.360 e. The third kappa shape index (κ3) is 3.44. The Morgan fingerprint density at radius 1 is 1.05 bits per heavy atom. The van der Waals surface area contributed by atoms with Gasteiger partial charge in [-0.05, 0) is 24.1 Å². The third-order valence-corrected chi connectivity index (χ3v) is 3.88. The van der Waals surface area contributed by atoms with Gasteiger partial charge in [-0.1, -0.05) is 42.5 Å². The number of benzene rings is 2. The van der Waals surface area contributed by atoms with Crippen LogP contribution in [0, 0.1) is 6.92 Å². The van der Waals surface area contributed by atoms with Gasteiger partial charge in [-0.2, -0.15) is 0 Å². The molecule has 0 saturated carbocycles. The highest BCUT2D eigenvalue weighted by molar-refractivity contribution is 7.60. The van der Waals surface area contributed by atoms with E-state index in [1.165, 1.54) is 0 Å². The summed E-state index contributed by atoms with van der Waals surface area (Å²) in [6.07, 6.45) is 0. The fourth-order valence-electron chi connectivity index (χ4n) is 1.86. The van der Waals surface area contributed by atoms with Crippen LogP contribution >= 0.6 is 7.60 Å². The smallest absolute Gasteiger partial charge is 0.360 e. The average molecular weight is 278 g/mol. The van der Waals surface area contributed by atoms with Crippen molar-refractivity contribution in [1.82, 2.24) is 0 Å². The molecule has 0 aliphatic rings. The minimum Gasteiger partial charge on any atom is -0.488 e. The van der Waals surface area contributed by atoms with Gasteiger partial charge >= 0.3 is 7.60 Å². The maximum atomic E-state index is 11.5. The Bertz CT molecular complexity index is 604. The summed E-state index contributed by atoms with van der Waals surface area (Å²) in [6.45, 7) is 1.93. The summed E-state index contributed by atoms with van der Waals surface area (Å²) >= 11 is 0. The monoisotopic (exact) mass is 278 g/mol. The van der Waals surface area contributed by atoms with E-state index in [-0.39, 0.29) is 17.7 Å². The second kappa shape index (κ2) is 5.57. The standard InChI is InChI=1S/C14H15O4P/c1-11-6-5-9-13(14(11)19(15,16)17)18-10-12-7-3-2-4-8-12/h2-9H,10H2,1H3,(H2,15,16,17). The number of hydrogen-bond donors (Lipinski definition) is 2. The first kappa shape index (κ1) is 13.8. The Balaban J connectivity index is 2.26. The first-order chi connectivity index (χ1) is 8.98. The molecule has 0 aliphatic carbocycles. The van der Waals surface area contributed by atoms with E-state index in [9.17, 15) is 14.4 Å². The van der Waals surface area contributed by atoms with Gasteiger partial charge in [-0.15, -0.1) is 0 Å². The van der Waals surface area contributed by atoms with Crippen LogP contribution in [0.2, 0.25) is 0 Å². The zero-order valence-electron chi connectivity index (χ0n) is 10.5. The van der Waals surface area contributed by atoms with Crippen LogP contribution in [0.15, 0.2) is 48.5 Å². The highest BCUT2D eigenvalue weighted by Gasteiger charge is 2.24. The van der Waals surface area contributed by atoms with Gasteiger partial charge in [-0.25, -0.2) is 0 Å². The topological polar surface area (TPSA) is 66.8 Å². The summed E-state index contributed by atoms with van der Waals surface area (Å²) in [5.41, 5.74) is 1.47. The van der Waals surface area contributed by atoms with E-state index < -0.39 is 7.60 Å². The molecule has 0 aromatic heterocycles. The Hall–Kier alpha value is -1.61. The first-order valence-electron chi connectivity index (χ1n) is 5.81. The summed E-state index contributed by atoms with van der Waals surface area (Å²) < 4.78 is 17.0. The second-order valence-electron chi connectivity index (χ2n) is 4.24. The molecule has 0 amide bonds. The van der Waals surface area contributed by atoms with Crippen LogP contribution in [0.1, 0.15) is 11.1 Å². The molecule has 0 saturated heterocycles. The van der Waals surface area contributed by atoms with Gasteiger partial charge in [0.25, 0.3) is 0 Å². The molecule has 0 fully saturated rings. The molecule has 5 heteroatoms. The van der Waals surface area contributed by atoms with Gasteiger partial charge in [0.1, 0.15) is 17.7 Å². The molecule has 2 aromatic carbocycles. The van der Waals surface area contributed by atoms with E-state index in [4.69, 9.17) is 4.74 Å². The summed E-state index contributed by atoms with van der Waals surface area (Å²) in [6, 6.07) is 14.4. The zero-order chi connectivity index (χ0) is 13.9. The summed E-state index contributed by atoms with van der Waals surface area (Å²) in [4.78, 5) is 18.8. The lowest BCUT2D eigenvalue weighted by atomic mass is 10.2. The van der Waals surface area contributed by atoms with Crippen LogP contribution in [0.25, 0.3) is 0 Å². The van der Waals surface area contributed by atoms with Crippen molar-refractivity contribution in [2.75, 3.05) is 0 Å². The fraction of sp³-hybridized carbons (Fsp3) is 0.143. The highest BCUT2D eigenvalue weighted by atomic mass is 31.2. The Morgan fingerprint density at radius 3 is 2.37 bits per heavy atom. The van der Waals surface area contributed by atoms with Crippen molar-refractivity contribution in [3.63, 3.8) is 0 Å². The number of rotatable bonds is 4. The first-order valence-corrected chi connectivity index (χ1v) is 7.42. The van der Waals surface area contributed by atoms with Gasteiger partial charge in [0.15, 0.2) is 0 Å². The van der Waals surface area contributed by atoms with E-state index in [1.807, 2.05) is 30.3 Å². The Morgan fingerprint density at radius 2 is 1.74 bits per heavy atom. The SMILES string of the molecule is Cc1cccc(OCc2ccccc2)c1P(=O)(O)O. The predicted octanol–water partition coefficient (Wildman–Crippen LogP) is 2.38. The Kier molecular flexibility index (Phi) is 4.05. The predicted molar refractivity (Wildman–Crippen MR) is 73.6 cm³/mol. The van der Waals surface area contributed by atoms with Crippen molar-refractivity contribution in [2.24, 2.45) is 0 Å². The molecule has 0 spiro atoms. The van der Waals surface area contributed by atoms with E-state index in [1.54, 1.807) is 25.1 Å². The van der Waals surface area contributed by atoms with Crippen LogP contribution in [-0.4, -0.2) is 9.79 Å². The van der Waals surface area contributed by atoms with Crippen LogP contribution in [0.5, 0.6) is 5.75 Å². The van der Waals surface area contributed by atoms with Gasteiger partial charge in [0.05, 0.1) is 0 Å². The molecule has 2 N–H and O–H groups in total. The van der Waals surface area contributed by atoms with Crippen LogP contribution in [0.3, 0.4) is 0 Å². The Labute approximate surface area is 111 Å². The maximum absolute atomic E-state index is 11.5. The van der Waals surface area contributed by atoms with E-state index in [0.717, 1.165) is 5.56 Å². The molecule has 0 heterocycles. The van der Waals surface area contributed by atoms with Crippen LogP contribution in [0.4, 0.5) is 0 Å². The molecule has 0 aliphatic heterocycles. The molecule has 4 nitrogen and oxygen atoms in total. The van der Waals surface area contributed by atoms with E-state index in [0.29, 0.717) is 5.56 Å². The molecule has 100 valence electrons. The fourth-order valence-corrected chi connectivity index (χ4v) is 2.82. The second-order valence-corrected chi connectivity index (χ2v) is 5.78. The lowest BCUT2D eigenvalue weighted by Gasteiger charge is -2.14. The summed E-state index contributed by atoms with van der Waals surface area (Å²) in [7, 11) is -4.34. The summed E-state index contributed by atoms with van der Waals surface area (Å²) in [5, 5.41) is -0.0362. The summed E-state index contributed by atoms with van der Waals surface area (Å²) in [5.74, 6) is 0.234. The quantitative estimate of drug-likeness (QED) is 0.843. The highest BCUT2D eigenvalue weighted by Crippen LogP contribution is 2.38. The minimum atomic E-state index is -4.34. The van der Waals surface area contributed by atoms with Crippen molar-refractivity contribution >= 4 is 12.9 Å². The van der Waals surface area contributed by atoms with Gasteiger partial charge in [0, 0.05) is 0 Å². The molecule has 2 aromatic rings. The normalized spacial score (nSPS) is 11.3. The number of aryl methyl sites for hydroxylation is 1. The minimum absolute atomic E-state index is 0.0362. The number of hydrogen-bond acceptors (Lipinski definition) is 2. The number of ether oxygens (including phenoxy) is 1. The molecule has 0 radical (unpaired) electrons. The lowest BCUT2D eigenvalue weighted by molar-refractivity contribution is 0.306. The lowest BCUT2D eigenvalue weighted by Crippen LogP contribution is -2.13. The average Bonchev–Trinajstić information content (AvgIpc) is 2.36. The van der Waals surface area contributed by atoms with Crippen LogP contribution in [-0.2, 0) is 11.2 Å². The zero-order valence-corrected chi connectivity index (χ0v) is 11.4. The largest absolute Gasteiger partial charge is 0.488 e. The third-order valence-electron chi connectivity index (χ3n) is 2.73. The van der Waals surface area contributed by atoms with E-state index in [2.05, 4.69) is 0 Å². The molecule has 0 bridgehead atoms. The van der Waals surface area contributed by atoms with Gasteiger partial charge in [0.2, 0.25) is 0 Å². The molecule has 2 rings (SSSR count). The van der Waals surface area contributed by atoms with Crippen molar-refractivity contribution in [1.29, 1.82) is 0 Å². The van der Waals surface area contributed by atoms with Crippen molar-refractivity contribution in [3.8, 4) is 5.75 Å². The van der Waals surface area contributed by atoms with Crippen molar-refractivity contribution in [2.45, 2.75) is 13.5 Å². The van der Waals surface area contributed by atoms with Gasteiger partial charge < -0.3 is 14.5 Å². The van der Waals surface area contributed by atoms with Gasteiger partial charge in [-0.3, -0.25) is 4.57 Å².